The van der Waals surface area contributed by atoms with E-state index in [0.717, 1.165) is 25.3 Å². The standard InChI is InChI=1S/C12H15N3/c1-2-4-12-10(3-1)8-15(9-14-12)11-5-6-13-7-11/h1-4,9,11,13H,5-8H2/t11-/m0/s1. The van der Waals surface area contributed by atoms with Crippen LogP contribution in [0.4, 0.5) is 5.69 Å². The van der Waals surface area contributed by atoms with Crippen molar-refractivity contribution in [2.24, 2.45) is 4.99 Å². The number of para-hydroxylation sites is 1. The molecule has 0 unspecified atom stereocenters. The number of rotatable bonds is 1. The van der Waals surface area contributed by atoms with Crippen LogP contribution in [0.25, 0.3) is 0 Å². The number of hydrogen-bond donors (Lipinski definition) is 1. The SMILES string of the molecule is C1=Nc2ccccc2CN1[C@H]1CCNC1. The third-order valence-corrected chi connectivity index (χ3v) is 3.19. The van der Waals surface area contributed by atoms with Crippen molar-refractivity contribution in [1.29, 1.82) is 0 Å². The van der Waals surface area contributed by atoms with E-state index in [0.29, 0.717) is 6.04 Å². The van der Waals surface area contributed by atoms with Crippen LogP contribution >= 0.6 is 0 Å². The maximum atomic E-state index is 4.49. The third-order valence-electron chi connectivity index (χ3n) is 3.19. The zero-order valence-corrected chi connectivity index (χ0v) is 8.69. The lowest BCUT2D eigenvalue weighted by Gasteiger charge is -2.29. The first-order valence-electron chi connectivity index (χ1n) is 5.52. The van der Waals surface area contributed by atoms with Gasteiger partial charge in [0, 0.05) is 19.1 Å². The molecule has 1 saturated heterocycles. The van der Waals surface area contributed by atoms with Crippen molar-refractivity contribution >= 4 is 12.0 Å². The van der Waals surface area contributed by atoms with Gasteiger partial charge < -0.3 is 10.2 Å². The van der Waals surface area contributed by atoms with Gasteiger partial charge in [0.1, 0.15) is 0 Å². The molecule has 0 aromatic heterocycles. The van der Waals surface area contributed by atoms with Crippen molar-refractivity contribution < 1.29 is 0 Å². The fourth-order valence-corrected chi connectivity index (χ4v) is 2.29. The summed E-state index contributed by atoms with van der Waals surface area (Å²) in [5.41, 5.74) is 2.46. The lowest BCUT2D eigenvalue weighted by Crippen LogP contribution is -2.36. The van der Waals surface area contributed by atoms with Crippen LogP contribution in [0, 0.1) is 0 Å². The summed E-state index contributed by atoms with van der Waals surface area (Å²) in [6, 6.07) is 9.01. The Bertz CT molecular complexity index is 380. The zero-order valence-electron chi connectivity index (χ0n) is 8.69. The molecule has 3 nitrogen and oxygen atoms in total. The summed E-state index contributed by atoms with van der Waals surface area (Å²) >= 11 is 0. The maximum Gasteiger partial charge on any atom is 0.0918 e. The highest BCUT2D eigenvalue weighted by Gasteiger charge is 2.22. The number of benzene rings is 1. The van der Waals surface area contributed by atoms with E-state index in [1.54, 1.807) is 0 Å². The molecule has 15 heavy (non-hydrogen) atoms. The number of nitrogens with one attached hydrogen (secondary N) is 1. The predicted octanol–water partition coefficient (Wildman–Crippen LogP) is 1.52. The van der Waals surface area contributed by atoms with Crippen LogP contribution in [0.15, 0.2) is 29.3 Å². The second-order valence-corrected chi connectivity index (χ2v) is 4.19. The monoisotopic (exact) mass is 201 g/mol. The molecule has 1 aromatic carbocycles. The lowest BCUT2D eigenvalue weighted by atomic mass is 10.1. The number of aliphatic imine (C=N–C) groups is 1. The van der Waals surface area contributed by atoms with Gasteiger partial charge in [-0.05, 0) is 24.6 Å². The van der Waals surface area contributed by atoms with Gasteiger partial charge in [0.05, 0.1) is 12.0 Å². The lowest BCUT2D eigenvalue weighted by molar-refractivity contribution is 0.328. The number of nitrogens with zero attached hydrogens (tertiary/aromatic N) is 2. The average Bonchev–Trinajstić information content (AvgIpc) is 2.82. The van der Waals surface area contributed by atoms with Crippen molar-refractivity contribution in [2.45, 2.75) is 19.0 Å². The number of fused-ring (bicyclic) bond motifs is 1. The molecule has 0 bridgehead atoms. The van der Waals surface area contributed by atoms with Crippen LogP contribution in [0.5, 0.6) is 0 Å². The quantitative estimate of drug-likeness (QED) is 0.746. The Morgan fingerprint density at radius 1 is 1.33 bits per heavy atom. The van der Waals surface area contributed by atoms with Crippen LogP contribution in [0.3, 0.4) is 0 Å². The Morgan fingerprint density at radius 3 is 3.13 bits per heavy atom. The van der Waals surface area contributed by atoms with Crippen LogP contribution in [-0.2, 0) is 6.54 Å². The molecule has 2 aliphatic rings. The van der Waals surface area contributed by atoms with Crippen molar-refractivity contribution in [1.82, 2.24) is 10.2 Å². The highest BCUT2D eigenvalue weighted by atomic mass is 15.2. The van der Waals surface area contributed by atoms with Crippen molar-refractivity contribution in [3.63, 3.8) is 0 Å². The topological polar surface area (TPSA) is 27.6 Å². The molecule has 1 fully saturated rings. The molecule has 3 heteroatoms. The van der Waals surface area contributed by atoms with E-state index in [9.17, 15) is 0 Å². The molecule has 0 saturated carbocycles. The maximum absolute atomic E-state index is 4.49. The van der Waals surface area contributed by atoms with E-state index < -0.39 is 0 Å². The Morgan fingerprint density at radius 2 is 2.27 bits per heavy atom. The molecule has 0 spiro atoms. The molecule has 2 aliphatic heterocycles. The fourth-order valence-electron chi connectivity index (χ4n) is 2.29. The van der Waals surface area contributed by atoms with Crippen LogP contribution in [-0.4, -0.2) is 30.4 Å². The van der Waals surface area contributed by atoms with Gasteiger partial charge in [0.15, 0.2) is 0 Å². The van der Waals surface area contributed by atoms with Crippen molar-refractivity contribution in [2.75, 3.05) is 13.1 Å². The Balaban J connectivity index is 1.82. The number of hydrogen-bond acceptors (Lipinski definition) is 3. The fraction of sp³-hybridized carbons (Fsp3) is 0.417. The molecule has 3 rings (SSSR count). The molecule has 78 valence electrons. The van der Waals surface area contributed by atoms with Gasteiger partial charge in [-0.3, -0.25) is 0 Å². The normalized spacial score (nSPS) is 24.3. The van der Waals surface area contributed by atoms with Gasteiger partial charge in [-0.1, -0.05) is 18.2 Å². The molecule has 0 amide bonds. The minimum Gasteiger partial charge on any atom is -0.354 e. The zero-order chi connectivity index (χ0) is 10.1. The van der Waals surface area contributed by atoms with E-state index in [4.69, 9.17) is 0 Å². The van der Waals surface area contributed by atoms with E-state index in [1.807, 2.05) is 12.4 Å². The van der Waals surface area contributed by atoms with Gasteiger partial charge in [-0.25, -0.2) is 4.99 Å². The van der Waals surface area contributed by atoms with E-state index in [2.05, 4.69) is 33.4 Å². The van der Waals surface area contributed by atoms with E-state index >= 15 is 0 Å². The van der Waals surface area contributed by atoms with Crippen LogP contribution < -0.4 is 5.32 Å². The van der Waals surface area contributed by atoms with Crippen molar-refractivity contribution in [3.05, 3.63) is 29.8 Å². The van der Waals surface area contributed by atoms with Gasteiger partial charge in [-0.2, -0.15) is 0 Å². The Hall–Kier alpha value is -1.35. The molecule has 1 atom stereocenters. The Labute approximate surface area is 89.8 Å². The average molecular weight is 201 g/mol. The predicted molar refractivity (Wildman–Crippen MR) is 61.4 cm³/mol. The summed E-state index contributed by atoms with van der Waals surface area (Å²) in [4.78, 5) is 6.84. The van der Waals surface area contributed by atoms with Crippen LogP contribution in [0.1, 0.15) is 12.0 Å². The summed E-state index contributed by atoms with van der Waals surface area (Å²) in [7, 11) is 0. The van der Waals surface area contributed by atoms with E-state index in [-0.39, 0.29) is 0 Å². The highest BCUT2D eigenvalue weighted by Crippen LogP contribution is 2.25. The molecule has 1 aromatic rings. The first kappa shape index (κ1) is 8.92. The van der Waals surface area contributed by atoms with Gasteiger partial charge in [0.25, 0.3) is 0 Å². The molecular formula is C12H15N3. The summed E-state index contributed by atoms with van der Waals surface area (Å²) < 4.78 is 0. The second-order valence-electron chi connectivity index (χ2n) is 4.19. The summed E-state index contributed by atoms with van der Waals surface area (Å²) in [6.07, 6.45) is 3.23. The third kappa shape index (κ3) is 1.63. The van der Waals surface area contributed by atoms with Gasteiger partial charge in [0.2, 0.25) is 0 Å². The summed E-state index contributed by atoms with van der Waals surface area (Å²) in [6.45, 7) is 3.23. The van der Waals surface area contributed by atoms with Crippen molar-refractivity contribution in [3.8, 4) is 0 Å². The van der Waals surface area contributed by atoms with Gasteiger partial charge in [-0.15, -0.1) is 0 Å². The first-order chi connectivity index (χ1) is 7.43. The largest absolute Gasteiger partial charge is 0.354 e. The smallest absolute Gasteiger partial charge is 0.0918 e. The second kappa shape index (κ2) is 3.66. The molecule has 0 radical (unpaired) electrons. The molecule has 1 N–H and O–H groups in total. The Kier molecular flexibility index (Phi) is 2.18. The van der Waals surface area contributed by atoms with Gasteiger partial charge >= 0.3 is 0 Å². The highest BCUT2D eigenvalue weighted by molar-refractivity contribution is 5.67. The molecular weight excluding hydrogens is 186 g/mol. The molecule has 2 heterocycles. The minimum atomic E-state index is 0.627. The summed E-state index contributed by atoms with van der Waals surface area (Å²) in [5.74, 6) is 0. The minimum absolute atomic E-state index is 0.627. The van der Waals surface area contributed by atoms with Crippen LogP contribution in [0.2, 0.25) is 0 Å². The molecule has 0 aliphatic carbocycles. The first-order valence-corrected chi connectivity index (χ1v) is 5.52. The van der Waals surface area contributed by atoms with E-state index in [1.165, 1.54) is 12.0 Å². The summed E-state index contributed by atoms with van der Waals surface area (Å²) in [5, 5.41) is 3.39.